The van der Waals surface area contributed by atoms with E-state index in [0.717, 1.165) is 24.5 Å². The Morgan fingerprint density at radius 1 is 1.39 bits per heavy atom. The average molecular weight is 281 g/mol. The number of rotatable bonds is 6. The van der Waals surface area contributed by atoms with Crippen LogP contribution in [-0.4, -0.2) is 16.5 Å². The first-order valence-corrected chi connectivity index (χ1v) is 7.98. The third-order valence-electron chi connectivity index (χ3n) is 2.56. The highest BCUT2D eigenvalue weighted by atomic mass is 32.1. The van der Waals surface area contributed by atoms with Crippen molar-refractivity contribution in [3.8, 4) is 9.88 Å². The second kappa shape index (κ2) is 6.41. The average Bonchev–Trinajstić information content (AvgIpc) is 2.94. The summed E-state index contributed by atoms with van der Waals surface area (Å²) in [5, 5.41) is 4.51. The minimum absolute atomic E-state index is 0.641. The van der Waals surface area contributed by atoms with E-state index >= 15 is 0 Å². The molecule has 0 saturated heterocycles. The van der Waals surface area contributed by atoms with Crippen molar-refractivity contribution in [2.75, 3.05) is 6.54 Å². The highest BCUT2D eigenvalue weighted by molar-refractivity contribution is 7.20. The predicted molar refractivity (Wildman–Crippen MR) is 79.1 cm³/mol. The van der Waals surface area contributed by atoms with E-state index in [9.17, 15) is 0 Å². The first-order chi connectivity index (χ1) is 8.70. The molecule has 0 aliphatic heterocycles. The molecule has 0 amide bonds. The number of aromatic nitrogens is 2. The first kappa shape index (κ1) is 13.6. The normalized spacial score (nSPS) is 11.3. The molecule has 0 fully saturated rings. The number of thiazole rings is 2. The van der Waals surface area contributed by atoms with Crippen molar-refractivity contribution in [3.05, 3.63) is 22.3 Å². The van der Waals surface area contributed by atoms with E-state index in [0.29, 0.717) is 5.92 Å². The van der Waals surface area contributed by atoms with Crippen LogP contribution >= 0.6 is 22.7 Å². The van der Waals surface area contributed by atoms with Crippen LogP contribution in [0.1, 0.15) is 31.3 Å². The molecule has 2 heterocycles. The summed E-state index contributed by atoms with van der Waals surface area (Å²) in [6.45, 7) is 8.53. The van der Waals surface area contributed by atoms with Gasteiger partial charge in [0.25, 0.3) is 0 Å². The van der Waals surface area contributed by atoms with Crippen molar-refractivity contribution in [2.45, 2.75) is 33.7 Å². The minimum Gasteiger partial charge on any atom is -0.312 e. The van der Waals surface area contributed by atoms with Crippen molar-refractivity contribution in [1.82, 2.24) is 15.3 Å². The lowest BCUT2D eigenvalue weighted by Gasteiger charge is -2.04. The van der Waals surface area contributed by atoms with Crippen molar-refractivity contribution in [1.29, 1.82) is 0 Å². The molecule has 2 rings (SSSR count). The molecule has 1 N–H and O–H groups in total. The maximum absolute atomic E-state index is 4.79. The number of hydrogen-bond acceptors (Lipinski definition) is 5. The van der Waals surface area contributed by atoms with Gasteiger partial charge in [0.1, 0.15) is 5.01 Å². The van der Waals surface area contributed by atoms with Gasteiger partial charge in [-0.3, -0.25) is 4.98 Å². The number of hydrogen-bond donors (Lipinski definition) is 1. The standard InChI is InChI=1S/C13H19N3S2/c1-4-14-6-11-10(5-9(2)3)16-13(18-11)12-7-15-8-17-12/h7-9,14H,4-6H2,1-3H3. The van der Waals surface area contributed by atoms with Crippen molar-refractivity contribution < 1.29 is 0 Å². The molecule has 3 nitrogen and oxygen atoms in total. The Bertz CT molecular complexity index is 474. The van der Waals surface area contributed by atoms with Crippen LogP contribution in [0, 0.1) is 5.92 Å². The summed E-state index contributed by atoms with van der Waals surface area (Å²) in [6, 6.07) is 0. The summed E-state index contributed by atoms with van der Waals surface area (Å²) in [6.07, 6.45) is 2.95. The second-order valence-corrected chi connectivity index (χ2v) is 6.60. The molecule has 0 bridgehead atoms. The number of nitrogens with one attached hydrogen (secondary N) is 1. The lowest BCUT2D eigenvalue weighted by atomic mass is 10.1. The van der Waals surface area contributed by atoms with Gasteiger partial charge in [0.15, 0.2) is 0 Å². The summed E-state index contributed by atoms with van der Waals surface area (Å²) in [5.41, 5.74) is 3.11. The van der Waals surface area contributed by atoms with Gasteiger partial charge in [0, 0.05) is 17.6 Å². The van der Waals surface area contributed by atoms with Gasteiger partial charge in [0.05, 0.1) is 16.1 Å². The zero-order chi connectivity index (χ0) is 13.0. The summed E-state index contributed by atoms with van der Waals surface area (Å²) in [4.78, 5) is 11.5. The Hall–Kier alpha value is -0.780. The zero-order valence-electron chi connectivity index (χ0n) is 11.1. The van der Waals surface area contributed by atoms with Crippen LogP contribution in [0.3, 0.4) is 0 Å². The van der Waals surface area contributed by atoms with Crippen molar-refractivity contribution in [2.24, 2.45) is 5.92 Å². The molecule has 0 spiro atoms. The van der Waals surface area contributed by atoms with E-state index in [2.05, 4.69) is 31.1 Å². The largest absolute Gasteiger partial charge is 0.312 e. The molecular weight excluding hydrogens is 262 g/mol. The molecule has 0 unspecified atom stereocenters. The predicted octanol–water partition coefficient (Wildman–Crippen LogP) is 3.57. The van der Waals surface area contributed by atoms with Crippen LogP contribution < -0.4 is 5.32 Å². The lowest BCUT2D eigenvalue weighted by Crippen LogP contribution is -2.12. The van der Waals surface area contributed by atoms with E-state index in [1.807, 2.05) is 11.7 Å². The van der Waals surface area contributed by atoms with Crippen LogP contribution in [-0.2, 0) is 13.0 Å². The van der Waals surface area contributed by atoms with Crippen LogP contribution in [0.2, 0.25) is 0 Å². The molecule has 0 saturated carbocycles. The fourth-order valence-electron chi connectivity index (χ4n) is 1.73. The highest BCUT2D eigenvalue weighted by Crippen LogP contribution is 2.31. The summed E-state index contributed by atoms with van der Waals surface area (Å²) in [7, 11) is 0. The third-order valence-corrected chi connectivity index (χ3v) is 4.60. The fraction of sp³-hybridized carbons (Fsp3) is 0.538. The molecule has 0 atom stereocenters. The van der Waals surface area contributed by atoms with Gasteiger partial charge >= 0.3 is 0 Å². The Kier molecular flexibility index (Phi) is 4.86. The molecule has 0 aromatic carbocycles. The summed E-state index contributed by atoms with van der Waals surface area (Å²) < 4.78 is 0. The van der Waals surface area contributed by atoms with Crippen LogP contribution in [0.15, 0.2) is 11.7 Å². The Balaban J connectivity index is 2.25. The molecule has 18 heavy (non-hydrogen) atoms. The van der Waals surface area contributed by atoms with Gasteiger partial charge in [-0.1, -0.05) is 20.8 Å². The maximum atomic E-state index is 4.79. The molecule has 98 valence electrons. The SMILES string of the molecule is CCNCc1sc(-c2cncs2)nc1CC(C)C. The van der Waals surface area contributed by atoms with Gasteiger partial charge in [-0.25, -0.2) is 4.98 Å². The van der Waals surface area contributed by atoms with Crippen molar-refractivity contribution in [3.63, 3.8) is 0 Å². The highest BCUT2D eigenvalue weighted by Gasteiger charge is 2.14. The molecular formula is C13H19N3S2. The zero-order valence-corrected chi connectivity index (χ0v) is 12.7. The van der Waals surface area contributed by atoms with Gasteiger partial charge in [0.2, 0.25) is 0 Å². The van der Waals surface area contributed by atoms with E-state index < -0.39 is 0 Å². The van der Waals surface area contributed by atoms with Gasteiger partial charge in [-0.05, 0) is 18.9 Å². The topological polar surface area (TPSA) is 37.8 Å². The molecule has 0 aliphatic carbocycles. The smallest absolute Gasteiger partial charge is 0.135 e. The van der Waals surface area contributed by atoms with Crippen LogP contribution in [0.4, 0.5) is 0 Å². The fourth-order valence-corrected chi connectivity index (χ4v) is 3.47. The monoisotopic (exact) mass is 281 g/mol. The summed E-state index contributed by atoms with van der Waals surface area (Å²) >= 11 is 3.45. The van der Waals surface area contributed by atoms with E-state index in [1.165, 1.54) is 15.4 Å². The van der Waals surface area contributed by atoms with Crippen LogP contribution in [0.25, 0.3) is 9.88 Å². The summed E-state index contributed by atoms with van der Waals surface area (Å²) in [5.74, 6) is 0.641. The quantitative estimate of drug-likeness (QED) is 0.879. The van der Waals surface area contributed by atoms with E-state index in [4.69, 9.17) is 4.98 Å². The Morgan fingerprint density at radius 3 is 2.83 bits per heavy atom. The molecule has 2 aromatic rings. The number of nitrogens with zero attached hydrogens (tertiary/aromatic N) is 2. The molecule has 0 radical (unpaired) electrons. The van der Waals surface area contributed by atoms with Gasteiger partial charge < -0.3 is 5.32 Å². The minimum atomic E-state index is 0.641. The van der Waals surface area contributed by atoms with Crippen molar-refractivity contribution >= 4 is 22.7 Å². The second-order valence-electron chi connectivity index (χ2n) is 4.63. The van der Waals surface area contributed by atoms with Gasteiger partial charge in [-0.15, -0.1) is 22.7 Å². The Labute approximate surface area is 116 Å². The van der Waals surface area contributed by atoms with Crippen LogP contribution in [0.5, 0.6) is 0 Å². The van der Waals surface area contributed by atoms with E-state index in [1.54, 1.807) is 22.7 Å². The maximum Gasteiger partial charge on any atom is 0.135 e. The Morgan fingerprint density at radius 2 is 2.22 bits per heavy atom. The lowest BCUT2D eigenvalue weighted by molar-refractivity contribution is 0.628. The molecule has 0 aliphatic rings. The molecule has 5 heteroatoms. The third kappa shape index (κ3) is 3.37. The van der Waals surface area contributed by atoms with Gasteiger partial charge in [-0.2, -0.15) is 0 Å². The van der Waals surface area contributed by atoms with E-state index in [-0.39, 0.29) is 0 Å². The first-order valence-electron chi connectivity index (χ1n) is 6.28. The molecule has 2 aromatic heterocycles.